The van der Waals surface area contributed by atoms with Crippen molar-refractivity contribution in [2.75, 3.05) is 39.3 Å². The predicted molar refractivity (Wildman–Crippen MR) is 118 cm³/mol. The molecule has 0 aromatic heterocycles. The molecular weight excluding hydrogens is 378 g/mol. The van der Waals surface area contributed by atoms with Gasteiger partial charge in [0.15, 0.2) is 0 Å². The second-order valence-corrected chi connectivity index (χ2v) is 8.74. The normalized spacial score (nSPS) is 18.5. The number of piperidine rings is 1. The maximum Gasteiger partial charge on any atom is 0.234 e. The molecule has 1 aromatic carbocycles. The van der Waals surface area contributed by atoms with Crippen LogP contribution in [-0.4, -0.2) is 72.1 Å². The van der Waals surface area contributed by atoms with Gasteiger partial charge < -0.3 is 15.3 Å². The minimum atomic E-state index is 0.00793. The van der Waals surface area contributed by atoms with Crippen LogP contribution in [0.4, 0.5) is 0 Å². The maximum absolute atomic E-state index is 12.7. The molecule has 6 nitrogen and oxygen atoms in total. The number of amides is 2. The Balaban J connectivity index is 1.38. The van der Waals surface area contributed by atoms with E-state index >= 15 is 0 Å². The van der Waals surface area contributed by atoms with E-state index < -0.39 is 0 Å². The number of nitrogens with zero attached hydrogens (tertiary/aromatic N) is 2. The van der Waals surface area contributed by atoms with Crippen LogP contribution in [0, 0.1) is 5.92 Å². The Bertz CT molecular complexity index is 653. The molecule has 0 spiro atoms. The van der Waals surface area contributed by atoms with Crippen molar-refractivity contribution in [1.82, 2.24) is 15.1 Å². The Morgan fingerprint density at radius 1 is 1.00 bits per heavy atom. The molecule has 166 valence electrons. The lowest BCUT2D eigenvalue weighted by Gasteiger charge is -2.35. The Hall–Kier alpha value is -1.92. The number of hydrogen-bond acceptors (Lipinski definition) is 4. The first-order chi connectivity index (χ1) is 14.7. The molecule has 1 aliphatic carbocycles. The van der Waals surface area contributed by atoms with Crippen molar-refractivity contribution in [3.05, 3.63) is 35.9 Å². The highest BCUT2D eigenvalue weighted by Gasteiger charge is 2.29. The monoisotopic (exact) mass is 415 g/mol. The summed E-state index contributed by atoms with van der Waals surface area (Å²) in [5, 5.41) is 12.5. The van der Waals surface area contributed by atoms with Crippen molar-refractivity contribution < 1.29 is 14.7 Å². The van der Waals surface area contributed by atoms with Gasteiger partial charge in [0, 0.05) is 38.1 Å². The molecule has 2 N–H and O–H groups in total. The Labute approximate surface area is 180 Å². The fourth-order valence-electron chi connectivity index (χ4n) is 4.67. The van der Waals surface area contributed by atoms with Gasteiger partial charge in [-0.25, -0.2) is 0 Å². The molecule has 6 heteroatoms. The minimum absolute atomic E-state index is 0.00793. The highest BCUT2D eigenvalue weighted by atomic mass is 16.3. The van der Waals surface area contributed by atoms with Crippen molar-refractivity contribution in [2.45, 2.75) is 57.4 Å². The summed E-state index contributed by atoms with van der Waals surface area (Å²) >= 11 is 0. The first-order valence-corrected chi connectivity index (χ1v) is 11.6. The van der Waals surface area contributed by atoms with Gasteiger partial charge in [-0.2, -0.15) is 0 Å². The first-order valence-electron chi connectivity index (χ1n) is 11.6. The zero-order chi connectivity index (χ0) is 21.2. The van der Waals surface area contributed by atoms with Gasteiger partial charge in [-0.05, 0) is 37.7 Å². The molecular formula is C24H37N3O3. The SMILES string of the molecule is O=C(CN(CCO)CCc1ccccc1)NC1CCN(C(=O)C2CCCCC2)CC1. The van der Waals surface area contributed by atoms with Crippen LogP contribution < -0.4 is 5.32 Å². The van der Waals surface area contributed by atoms with Crippen LogP contribution in [0.2, 0.25) is 0 Å². The molecule has 2 amide bonds. The number of benzene rings is 1. The Morgan fingerprint density at radius 3 is 2.37 bits per heavy atom. The maximum atomic E-state index is 12.7. The number of carbonyl (C=O) groups excluding carboxylic acids is 2. The lowest BCUT2D eigenvalue weighted by molar-refractivity contribution is -0.137. The van der Waals surface area contributed by atoms with Gasteiger partial charge in [0.2, 0.25) is 11.8 Å². The van der Waals surface area contributed by atoms with Gasteiger partial charge in [0.25, 0.3) is 0 Å². The molecule has 30 heavy (non-hydrogen) atoms. The predicted octanol–water partition coefficient (Wildman–Crippen LogP) is 2.21. The zero-order valence-electron chi connectivity index (χ0n) is 18.1. The second kappa shape index (κ2) is 12.1. The van der Waals surface area contributed by atoms with Gasteiger partial charge in [-0.1, -0.05) is 49.6 Å². The van der Waals surface area contributed by atoms with Crippen LogP contribution in [0.5, 0.6) is 0 Å². The summed E-state index contributed by atoms with van der Waals surface area (Å²) in [7, 11) is 0. The number of likely N-dealkylation sites (tertiary alicyclic amines) is 1. The molecule has 1 saturated carbocycles. The highest BCUT2D eigenvalue weighted by Crippen LogP contribution is 2.26. The third-order valence-corrected chi connectivity index (χ3v) is 6.47. The van der Waals surface area contributed by atoms with E-state index in [4.69, 9.17) is 0 Å². The summed E-state index contributed by atoms with van der Waals surface area (Å²) in [5.41, 5.74) is 1.23. The van der Waals surface area contributed by atoms with E-state index in [1.165, 1.54) is 24.8 Å². The van der Waals surface area contributed by atoms with Gasteiger partial charge in [-0.15, -0.1) is 0 Å². The Kier molecular flexibility index (Phi) is 9.15. The van der Waals surface area contributed by atoms with Gasteiger partial charge in [0.05, 0.1) is 13.2 Å². The summed E-state index contributed by atoms with van der Waals surface area (Å²) in [5.74, 6) is 0.560. The lowest BCUT2D eigenvalue weighted by atomic mass is 9.87. The van der Waals surface area contributed by atoms with Crippen molar-refractivity contribution in [2.24, 2.45) is 5.92 Å². The molecule has 0 radical (unpaired) electrons. The third kappa shape index (κ3) is 7.10. The van der Waals surface area contributed by atoms with Crippen molar-refractivity contribution >= 4 is 11.8 Å². The summed E-state index contributed by atoms with van der Waals surface area (Å²) < 4.78 is 0. The molecule has 2 aliphatic rings. The third-order valence-electron chi connectivity index (χ3n) is 6.47. The fraction of sp³-hybridized carbons (Fsp3) is 0.667. The van der Waals surface area contributed by atoms with Crippen LogP contribution in [-0.2, 0) is 16.0 Å². The van der Waals surface area contributed by atoms with Crippen molar-refractivity contribution in [3.8, 4) is 0 Å². The number of aliphatic hydroxyl groups excluding tert-OH is 1. The molecule has 2 fully saturated rings. The van der Waals surface area contributed by atoms with E-state index in [1.54, 1.807) is 0 Å². The molecule has 1 aromatic rings. The largest absolute Gasteiger partial charge is 0.395 e. The number of aliphatic hydroxyl groups is 1. The van der Waals surface area contributed by atoms with Crippen LogP contribution >= 0.6 is 0 Å². The summed E-state index contributed by atoms with van der Waals surface area (Å²) in [4.78, 5) is 29.3. The van der Waals surface area contributed by atoms with Gasteiger partial charge >= 0.3 is 0 Å². The number of rotatable bonds is 9. The van der Waals surface area contributed by atoms with Gasteiger partial charge in [0.1, 0.15) is 0 Å². The molecule has 0 atom stereocenters. The smallest absolute Gasteiger partial charge is 0.234 e. The summed E-state index contributed by atoms with van der Waals surface area (Å²) in [6, 6.07) is 10.3. The van der Waals surface area contributed by atoms with E-state index in [-0.39, 0.29) is 24.5 Å². The molecule has 1 aliphatic heterocycles. The van der Waals surface area contributed by atoms with Crippen molar-refractivity contribution in [3.63, 3.8) is 0 Å². The van der Waals surface area contributed by atoms with E-state index in [9.17, 15) is 14.7 Å². The summed E-state index contributed by atoms with van der Waals surface area (Å²) in [6.07, 6.45) is 8.21. The molecule has 0 unspecified atom stereocenters. The van der Waals surface area contributed by atoms with E-state index in [0.29, 0.717) is 19.0 Å². The van der Waals surface area contributed by atoms with E-state index in [1.807, 2.05) is 28.0 Å². The van der Waals surface area contributed by atoms with Crippen LogP contribution in [0.3, 0.4) is 0 Å². The minimum Gasteiger partial charge on any atom is -0.395 e. The van der Waals surface area contributed by atoms with E-state index in [2.05, 4.69) is 17.4 Å². The van der Waals surface area contributed by atoms with Crippen molar-refractivity contribution in [1.29, 1.82) is 0 Å². The molecule has 1 saturated heterocycles. The average molecular weight is 416 g/mol. The number of nitrogens with one attached hydrogen (secondary N) is 1. The quantitative estimate of drug-likeness (QED) is 0.649. The molecule has 1 heterocycles. The van der Waals surface area contributed by atoms with Gasteiger partial charge in [-0.3, -0.25) is 14.5 Å². The zero-order valence-corrected chi connectivity index (χ0v) is 18.1. The summed E-state index contributed by atoms with van der Waals surface area (Å²) in [6.45, 7) is 3.07. The average Bonchev–Trinajstić information content (AvgIpc) is 2.79. The fourth-order valence-corrected chi connectivity index (χ4v) is 4.67. The Morgan fingerprint density at radius 2 is 1.70 bits per heavy atom. The molecule has 3 rings (SSSR count). The molecule has 0 bridgehead atoms. The topological polar surface area (TPSA) is 72.9 Å². The highest BCUT2D eigenvalue weighted by molar-refractivity contribution is 5.79. The number of hydrogen-bond donors (Lipinski definition) is 2. The van der Waals surface area contributed by atoms with Crippen LogP contribution in [0.1, 0.15) is 50.5 Å². The van der Waals surface area contributed by atoms with E-state index in [0.717, 1.165) is 51.7 Å². The standard InChI is InChI=1S/C24H37N3O3/c28-18-17-26(14-11-20-7-3-1-4-8-20)19-23(29)25-22-12-15-27(16-13-22)24(30)21-9-5-2-6-10-21/h1,3-4,7-8,21-22,28H,2,5-6,9-19H2,(H,25,29). The first kappa shape index (κ1) is 22.8. The van der Waals surface area contributed by atoms with Crippen LogP contribution in [0.25, 0.3) is 0 Å². The lowest BCUT2D eigenvalue weighted by Crippen LogP contribution is -2.50. The van der Waals surface area contributed by atoms with Crippen LogP contribution in [0.15, 0.2) is 30.3 Å². The number of carbonyl (C=O) groups is 2. The second-order valence-electron chi connectivity index (χ2n) is 8.74.